The van der Waals surface area contributed by atoms with E-state index in [-0.39, 0.29) is 31.2 Å². The molecule has 0 amide bonds. The molecule has 0 aliphatic rings. The van der Waals surface area contributed by atoms with Gasteiger partial charge in [0.1, 0.15) is 4.83 Å². The summed E-state index contributed by atoms with van der Waals surface area (Å²) in [5.74, 6) is 6.53. The van der Waals surface area contributed by atoms with Crippen LogP contribution in [-0.4, -0.2) is 32.8 Å². The molecule has 4 heterocycles. The van der Waals surface area contributed by atoms with Gasteiger partial charge in [-0.2, -0.15) is 0 Å². The van der Waals surface area contributed by atoms with Crippen molar-refractivity contribution in [3.05, 3.63) is 161 Å². The second-order valence-corrected chi connectivity index (χ2v) is 29.5. The van der Waals surface area contributed by atoms with Gasteiger partial charge >= 0.3 is 135 Å². The molecule has 0 bridgehead atoms. The first-order chi connectivity index (χ1) is 31.1. The summed E-state index contributed by atoms with van der Waals surface area (Å²) < 4.78 is 50.3. The van der Waals surface area contributed by atoms with Crippen molar-refractivity contribution in [2.75, 3.05) is 0 Å². The Morgan fingerprint density at radius 2 is 1.48 bits per heavy atom. The molecule has 8 heteroatoms. The van der Waals surface area contributed by atoms with Gasteiger partial charge in [-0.15, -0.1) is 35.1 Å². The van der Waals surface area contributed by atoms with Gasteiger partial charge < -0.3 is 4.57 Å². The largest absolute Gasteiger partial charge is 0 e. The van der Waals surface area contributed by atoms with E-state index in [1.807, 2.05) is 6.92 Å². The van der Waals surface area contributed by atoms with E-state index in [0.29, 0.717) is 17.5 Å². The SMILES string of the molecule is Cc1ccc2c(n1)sc1cc(-c3nc4ccccc4n3-c3c(C(C)C)cc(-c4ccccc4)cc3C(C)C)[c-]cc12.[2H]C([2H])([2H])c1cc[c-]c(-c2cc(C([2H])(C)C)[c]([Ge]([CH3])([CH3])[CH3])cn2)c1F.[Ir]. The Kier molecular flexibility index (Phi) is 12.2. The molecule has 1 radical (unpaired) electrons. The zero-order valence-corrected chi connectivity index (χ0v) is 42.8. The number of hydrogen-bond acceptors (Lipinski definition) is 4. The number of thiophene rings is 1. The molecule has 323 valence electrons. The quantitative estimate of drug-likeness (QED) is 0.112. The van der Waals surface area contributed by atoms with Crippen LogP contribution in [0.1, 0.15) is 92.7 Å². The molecule has 0 spiro atoms. The summed E-state index contributed by atoms with van der Waals surface area (Å²) in [6.45, 7) is 12.3. The van der Waals surface area contributed by atoms with Crippen LogP contribution >= 0.6 is 11.3 Å². The van der Waals surface area contributed by atoms with E-state index in [0.717, 1.165) is 42.9 Å². The van der Waals surface area contributed by atoms with Crippen LogP contribution in [0.25, 0.3) is 70.8 Å². The average molecular weight is 1090 g/mol. The third kappa shape index (κ3) is 9.26. The van der Waals surface area contributed by atoms with Crippen LogP contribution in [0.3, 0.4) is 0 Å². The Balaban J connectivity index is 0.000000221. The maximum absolute atomic E-state index is 14.8. The Hall–Kier alpha value is -4.79. The van der Waals surface area contributed by atoms with Crippen LogP contribution in [0.5, 0.6) is 0 Å². The van der Waals surface area contributed by atoms with Crippen molar-refractivity contribution in [2.45, 2.75) is 90.3 Å². The number of para-hydroxylation sites is 2. The molecule has 0 N–H and O–H groups in total. The van der Waals surface area contributed by atoms with Crippen LogP contribution in [-0.2, 0) is 20.1 Å². The van der Waals surface area contributed by atoms with Crippen LogP contribution < -0.4 is 4.40 Å². The molecule has 0 unspecified atom stereocenters. The number of hydrogen-bond donors (Lipinski definition) is 0. The first-order valence-electron chi connectivity index (χ1n) is 23.3. The minimum atomic E-state index is -2.54. The minimum Gasteiger partial charge on any atom is 0 e. The van der Waals surface area contributed by atoms with Crippen LogP contribution in [0.2, 0.25) is 17.3 Å². The first kappa shape index (κ1) is 41.0. The number of benzene rings is 5. The third-order valence-electron chi connectivity index (χ3n) is 11.4. The topological polar surface area (TPSA) is 43.6 Å². The van der Waals surface area contributed by atoms with Crippen molar-refractivity contribution in [1.82, 2.24) is 19.5 Å². The summed E-state index contributed by atoms with van der Waals surface area (Å²) >= 11 is -0.534. The van der Waals surface area contributed by atoms with E-state index >= 15 is 0 Å². The molecule has 0 saturated carbocycles. The third-order valence-corrected chi connectivity index (χ3v) is 16.7. The molecule has 63 heavy (non-hydrogen) atoms. The summed E-state index contributed by atoms with van der Waals surface area (Å²) in [5, 5.41) is 2.38. The molecular formula is C55H55FGeIrN4S-2. The fourth-order valence-corrected chi connectivity index (χ4v) is 12.6. The van der Waals surface area contributed by atoms with Gasteiger partial charge in [-0.05, 0) is 81.4 Å². The van der Waals surface area contributed by atoms with Crippen molar-refractivity contribution in [2.24, 2.45) is 0 Å². The second-order valence-electron chi connectivity index (χ2n) is 17.9. The van der Waals surface area contributed by atoms with Gasteiger partial charge in [0.25, 0.3) is 0 Å². The Labute approximate surface area is 398 Å². The number of halogens is 1. The van der Waals surface area contributed by atoms with Gasteiger partial charge in [-0.3, -0.25) is 4.98 Å². The van der Waals surface area contributed by atoms with Crippen molar-refractivity contribution in [3.63, 3.8) is 0 Å². The molecule has 5 aromatic carbocycles. The van der Waals surface area contributed by atoms with E-state index in [4.69, 9.17) is 15.5 Å². The van der Waals surface area contributed by atoms with Crippen molar-refractivity contribution < 1.29 is 30.0 Å². The molecular weight excluding hydrogens is 1030 g/mol. The van der Waals surface area contributed by atoms with Crippen LogP contribution in [0, 0.1) is 31.7 Å². The minimum absolute atomic E-state index is 0. The normalized spacial score (nSPS) is 13.1. The van der Waals surface area contributed by atoms with Gasteiger partial charge in [0.15, 0.2) is 0 Å². The molecule has 0 aliphatic carbocycles. The second kappa shape index (κ2) is 18.7. The number of imidazole rings is 1. The fourth-order valence-electron chi connectivity index (χ4n) is 8.13. The number of aromatic nitrogens is 4. The number of rotatable bonds is 8. The van der Waals surface area contributed by atoms with Gasteiger partial charge in [0.05, 0.1) is 16.9 Å². The maximum Gasteiger partial charge on any atom is 0 e. The molecule has 4 aromatic heterocycles. The van der Waals surface area contributed by atoms with Crippen molar-refractivity contribution >= 4 is 60.3 Å². The van der Waals surface area contributed by atoms with Crippen LogP contribution in [0.4, 0.5) is 4.39 Å². The predicted octanol–water partition coefficient (Wildman–Crippen LogP) is 15.1. The van der Waals surface area contributed by atoms with Gasteiger partial charge in [0.2, 0.25) is 0 Å². The summed E-state index contributed by atoms with van der Waals surface area (Å²) in [6, 6.07) is 43.3. The molecule has 0 atom stereocenters. The summed E-state index contributed by atoms with van der Waals surface area (Å²) in [6.07, 6.45) is 1.73. The summed E-state index contributed by atoms with van der Waals surface area (Å²) in [5.41, 5.74) is 11.3. The summed E-state index contributed by atoms with van der Waals surface area (Å²) in [4.78, 5) is 15.5. The smallest absolute Gasteiger partial charge is 0 e. The summed E-state index contributed by atoms with van der Waals surface area (Å²) in [7, 11) is 0. The van der Waals surface area contributed by atoms with Crippen molar-refractivity contribution in [3.8, 4) is 39.5 Å². The average Bonchev–Trinajstić information content (AvgIpc) is 3.83. The molecule has 4 nitrogen and oxygen atoms in total. The number of fused-ring (bicyclic) bond motifs is 4. The van der Waals surface area contributed by atoms with Crippen molar-refractivity contribution in [1.29, 1.82) is 0 Å². The first-order valence-corrected chi connectivity index (χ1v) is 29.4. The monoisotopic (exact) mass is 1090 g/mol. The Morgan fingerprint density at radius 1 is 0.778 bits per heavy atom. The molecule has 0 aliphatic heterocycles. The van der Waals surface area contributed by atoms with Gasteiger partial charge in [-0.1, -0.05) is 81.6 Å². The zero-order valence-electron chi connectivity index (χ0n) is 41.5. The van der Waals surface area contributed by atoms with Gasteiger partial charge in [-0.25, -0.2) is 4.98 Å². The number of pyridine rings is 2. The molecule has 9 aromatic rings. The predicted molar refractivity (Wildman–Crippen MR) is 265 cm³/mol. The van der Waals surface area contributed by atoms with E-state index in [1.54, 1.807) is 37.4 Å². The van der Waals surface area contributed by atoms with E-state index in [2.05, 4.69) is 158 Å². The maximum atomic E-state index is 14.8. The number of nitrogens with zero attached hydrogens (tertiary/aromatic N) is 4. The van der Waals surface area contributed by atoms with E-state index in [1.165, 1.54) is 55.5 Å². The van der Waals surface area contributed by atoms with Crippen LogP contribution in [0.15, 0.2) is 115 Å². The molecule has 9 rings (SSSR count). The fraction of sp³-hybridized carbons (Fsp3) is 0.255. The van der Waals surface area contributed by atoms with E-state index < -0.39 is 31.8 Å². The Bertz CT molecular complexity index is 3230. The van der Waals surface area contributed by atoms with Gasteiger partial charge in [0, 0.05) is 31.5 Å². The Morgan fingerprint density at radius 3 is 2.14 bits per heavy atom. The number of aryl methyl sites for hydroxylation is 2. The van der Waals surface area contributed by atoms with E-state index in [9.17, 15) is 4.39 Å². The standard InChI is InChI=1S/C37H32N3S.C18H23FGeN.Ir/c1-22(2)30-19-27(25-11-7-6-8-12-25)20-31(23(3)4)35(30)40-33-14-10-9-13-32(33)39-36(40)26-16-18-28-29-17-15-24(5)38-37(29)41-34(28)21-26;1-12(2)15-10-17(21-11-16(15)20(4,5)6)14-9-7-8-13(3)18(14)19;/h6-15,17-23H,1-5H3;7-8,10-12H,1-6H3;/q2*-1;/i;3D3,12D;. The molecule has 0 fully saturated rings. The molecule has 0 saturated heterocycles. The zero-order chi connectivity index (χ0) is 47.5.